The fraction of sp³-hybridized carbons (Fsp3) is 0.778. The molecule has 0 radical (unpaired) electrons. The molecular weight excluding hydrogens is 166 g/mol. The lowest BCUT2D eigenvalue weighted by atomic mass is 10.3. The summed E-state index contributed by atoms with van der Waals surface area (Å²) in [7, 11) is 1.78. The van der Waals surface area contributed by atoms with Crippen LogP contribution in [0.3, 0.4) is 0 Å². The Hall–Kier alpha value is -1.08. The number of hydrogen-bond acceptors (Lipinski definition) is 3. The zero-order chi connectivity index (χ0) is 9.84. The van der Waals surface area contributed by atoms with Crippen LogP contribution in [0.2, 0.25) is 0 Å². The van der Waals surface area contributed by atoms with Gasteiger partial charge in [0.2, 0.25) is 5.91 Å². The summed E-state index contributed by atoms with van der Waals surface area (Å²) in [6.07, 6.45) is 2.20. The molecule has 0 bridgehead atoms. The lowest BCUT2D eigenvalue weighted by Crippen LogP contribution is -2.44. The highest BCUT2D eigenvalue weighted by molar-refractivity contribution is 5.81. The molecule has 1 saturated carbocycles. The van der Waals surface area contributed by atoms with Crippen molar-refractivity contribution in [2.24, 2.45) is 0 Å². The van der Waals surface area contributed by atoms with Gasteiger partial charge >= 0.3 is 0 Å². The Bertz CT molecular complexity index is 230. The van der Waals surface area contributed by atoms with E-state index in [1.807, 2.05) is 13.0 Å². The van der Waals surface area contributed by atoms with Crippen molar-refractivity contribution in [3.63, 3.8) is 0 Å². The maximum absolute atomic E-state index is 11.4. The largest absolute Gasteiger partial charge is 0.352 e. The summed E-state index contributed by atoms with van der Waals surface area (Å²) in [4.78, 5) is 13.2. The summed E-state index contributed by atoms with van der Waals surface area (Å²) >= 11 is 0. The number of carbonyl (C=O) groups is 1. The highest BCUT2D eigenvalue weighted by Gasteiger charge is 2.26. The molecule has 0 aromatic heterocycles. The molecule has 0 saturated heterocycles. The molecule has 0 aromatic carbocycles. The monoisotopic (exact) mass is 181 g/mol. The topological polar surface area (TPSA) is 56.1 Å². The fourth-order valence-electron chi connectivity index (χ4n) is 0.998. The summed E-state index contributed by atoms with van der Waals surface area (Å²) in [6, 6.07) is 2.20. The molecule has 1 aliphatic carbocycles. The first-order chi connectivity index (χ1) is 6.15. The molecule has 1 atom stereocenters. The summed E-state index contributed by atoms with van der Waals surface area (Å²) in [6.45, 7) is 2.11. The average molecular weight is 181 g/mol. The third-order valence-electron chi connectivity index (χ3n) is 2.28. The van der Waals surface area contributed by atoms with E-state index in [0.717, 1.165) is 12.8 Å². The van der Waals surface area contributed by atoms with E-state index in [0.29, 0.717) is 12.6 Å². The van der Waals surface area contributed by atoms with Crippen LogP contribution in [0.1, 0.15) is 19.8 Å². The molecule has 1 N–H and O–H groups in total. The number of amides is 1. The molecular formula is C9H15N3O. The van der Waals surface area contributed by atoms with Crippen LogP contribution < -0.4 is 5.32 Å². The Morgan fingerprint density at radius 1 is 1.77 bits per heavy atom. The number of hydrogen-bond donors (Lipinski definition) is 1. The van der Waals surface area contributed by atoms with Crippen LogP contribution in [-0.2, 0) is 4.79 Å². The molecule has 1 fully saturated rings. The minimum atomic E-state index is -0.208. The van der Waals surface area contributed by atoms with Crippen molar-refractivity contribution in [1.82, 2.24) is 10.2 Å². The van der Waals surface area contributed by atoms with E-state index in [-0.39, 0.29) is 11.9 Å². The van der Waals surface area contributed by atoms with Gasteiger partial charge in [-0.2, -0.15) is 5.26 Å². The first kappa shape index (κ1) is 10.0. The van der Waals surface area contributed by atoms with E-state index in [1.54, 1.807) is 11.9 Å². The standard InChI is InChI=1S/C9H15N3O/c1-7(12(2)6-5-10)9(13)11-8-3-4-8/h7-8H,3-4,6H2,1-2H3,(H,11,13). The van der Waals surface area contributed by atoms with Gasteiger partial charge in [-0.15, -0.1) is 0 Å². The van der Waals surface area contributed by atoms with Gasteiger partial charge in [0.15, 0.2) is 0 Å². The van der Waals surface area contributed by atoms with E-state index in [1.165, 1.54) is 0 Å². The molecule has 1 unspecified atom stereocenters. The van der Waals surface area contributed by atoms with Crippen LogP contribution in [0.25, 0.3) is 0 Å². The Labute approximate surface area is 78.5 Å². The van der Waals surface area contributed by atoms with Crippen LogP contribution in [0.5, 0.6) is 0 Å². The van der Waals surface area contributed by atoms with Crippen LogP contribution in [0.15, 0.2) is 0 Å². The predicted octanol–water partition coefficient (Wildman–Crippen LogP) is 0.109. The highest BCUT2D eigenvalue weighted by atomic mass is 16.2. The number of likely N-dealkylation sites (N-methyl/N-ethyl adjacent to an activating group) is 1. The summed E-state index contributed by atoms with van der Waals surface area (Å²) in [5.41, 5.74) is 0. The van der Waals surface area contributed by atoms with Crippen molar-refractivity contribution in [3.8, 4) is 6.07 Å². The van der Waals surface area contributed by atoms with Crippen molar-refractivity contribution in [1.29, 1.82) is 5.26 Å². The van der Waals surface area contributed by atoms with Gasteiger partial charge in [0, 0.05) is 6.04 Å². The van der Waals surface area contributed by atoms with Gasteiger partial charge in [-0.05, 0) is 26.8 Å². The second-order valence-electron chi connectivity index (χ2n) is 3.53. The van der Waals surface area contributed by atoms with Crippen LogP contribution in [0, 0.1) is 11.3 Å². The van der Waals surface area contributed by atoms with Gasteiger partial charge in [0.1, 0.15) is 0 Å². The van der Waals surface area contributed by atoms with E-state index >= 15 is 0 Å². The summed E-state index contributed by atoms with van der Waals surface area (Å²) in [5, 5.41) is 11.3. The maximum Gasteiger partial charge on any atom is 0.237 e. The molecule has 4 heteroatoms. The number of carbonyl (C=O) groups excluding carboxylic acids is 1. The van der Waals surface area contributed by atoms with Crippen molar-refractivity contribution in [2.75, 3.05) is 13.6 Å². The minimum Gasteiger partial charge on any atom is -0.352 e. The second kappa shape index (κ2) is 4.24. The van der Waals surface area contributed by atoms with Crippen molar-refractivity contribution >= 4 is 5.91 Å². The average Bonchev–Trinajstić information content (AvgIpc) is 2.87. The Kier molecular flexibility index (Phi) is 3.26. The molecule has 0 heterocycles. The Morgan fingerprint density at radius 2 is 2.38 bits per heavy atom. The Balaban J connectivity index is 2.31. The molecule has 1 aliphatic rings. The fourth-order valence-corrected chi connectivity index (χ4v) is 0.998. The molecule has 1 amide bonds. The van der Waals surface area contributed by atoms with Crippen molar-refractivity contribution in [3.05, 3.63) is 0 Å². The minimum absolute atomic E-state index is 0.0280. The third-order valence-corrected chi connectivity index (χ3v) is 2.28. The smallest absolute Gasteiger partial charge is 0.237 e. The van der Waals surface area contributed by atoms with Crippen molar-refractivity contribution in [2.45, 2.75) is 31.8 Å². The molecule has 13 heavy (non-hydrogen) atoms. The SMILES string of the molecule is CC(C(=O)NC1CC1)N(C)CC#N. The Morgan fingerprint density at radius 3 is 2.85 bits per heavy atom. The quantitative estimate of drug-likeness (QED) is 0.626. The zero-order valence-corrected chi connectivity index (χ0v) is 8.08. The van der Waals surface area contributed by atoms with E-state index in [2.05, 4.69) is 5.32 Å². The molecule has 72 valence electrons. The first-order valence-electron chi connectivity index (χ1n) is 4.52. The van der Waals surface area contributed by atoms with Gasteiger partial charge in [-0.3, -0.25) is 9.69 Å². The third kappa shape index (κ3) is 3.03. The van der Waals surface area contributed by atoms with Crippen LogP contribution in [-0.4, -0.2) is 36.5 Å². The lowest BCUT2D eigenvalue weighted by Gasteiger charge is -2.20. The van der Waals surface area contributed by atoms with Gasteiger partial charge < -0.3 is 5.32 Å². The van der Waals surface area contributed by atoms with E-state index < -0.39 is 0 Å². The van der Waals surface area contributed by atoms with Gasteiger partial charge in [-0.1, -0.05) is 0 Å². The first-order valence-corrected chi connectivity index (χ1v) is 4.52. The van der Waals surface area contributed by atoms with Crippen LogP contribution in [0.4, 0.5) is 0 Å². The highest BCUT2D eigenvalue weighted by Crippen LogP contribution is 2.18. The summed E-state index contributed by atoms with van der Waals surface area (Å²) in [5.74, 6) is 0.0280. The maximum atomic E-state index is 11.4. The zero-order valence-electron chi connectivity index (χ0n) is 8.08. The molecule has 0 aliphatic heterocycles. The van der Waals surface area contributed by atoms with Gasteiger partial charge in [0.25, 0.3) is 0 Å². The normalized spacial score (nSPS) is 18.0. The molecule has 0 aromatic rings. The van der Waals surface area contributed by atoms with E-state index in [4.69, 9.17) is 5.26 Å². The lowest BCUT2D eigenvalue weighted by molar-refractivity contribution is -0.125. The second-order valence-corrected chi connectivity index (χ2v) is 3.53. The summed E-state index contributed by atoms with van der Waals surface area (Å²) < 4.78 is 0. The number of nitriles is 1. The molecule has 1 rings (SSSR count). The van der Waals surface area contributed by atoms with E-state index in [9.17, 15) is 4.79 Å². The number of nitrogens with zero attached hydrogens (tertiary/aromatic N) is 2. The number of nitrogens with one attached hydrogen (secondary N) is 1. The van der Waals surface area contributed by atoms with Crippen LogP contribution >= 0.6 is 0 Å². The molecule has 4 nitrogen and oxygen atoms in total. The predicted molar refractivity (Wildman–Crippen MR) is 48.9 cm³/mol. The van der Waals surface area contributed by atoms with Crippen molar-refractivity contribution < 1.29 is 4.79 Å². The molecule has 0 spiro atoms. The van der Waals surface area contributed by atoms with Gasteiger partial charge in [0.05, 0.1) is 18.7 Å². The van der Waals surface area contributed by atoms with Gasteiger partial charge in [-0.25, -0.2) is 0 Å². The number of rotatable bonds is 4.